The van der Waals surface area contributed by atoms with Crippen molar-refractivity contribution in [3.63, 3.8) is 0 Å². The molecule has 6 nitrogen and oxygen atoms in total. The average Bonchev–Trinajstić information content (AvgIpc) is 2.76. The quantitative estimate of drug-likeness (QED) is 0.358. The number of methoxy groups -OCH3 is 1. The van der Waals surface area contributed by atoms with Crippen molar-refractivity contribution in [2.45, 2.75) is 6.92 Å². The van der Waals surface area contributed by atoms with E-state index in [2.05, 4.69) is 9.72 Å². The Balaban J connectivity index is 3.17. The van der Waals surface area contributed by atoms with Gasteiger partial charge >= 0.3 is 5.97 Å². The Morgan fingerprint density at radius 1 is 1.47 bits per heavy atom. The third kappa shape index (κ3) is 3.39. The molecule has 0 aromatic carbocycles. The van der Waals surface area contributed by atoms with Crippen LogP contribution in [0.5, 0.6) is 0 Å². The van der Waals surface area contributed by atoms with E-state index in [9.17, 15) is 9.59 Å². The zero-order chi connectivity index (χ0) is 14.6. The van der Waals surface area contributed by atoms with Crippen LogP contribution in [0.1, 0.15) is 25.2 Å². The Hall–Kier alpha value is -2.20. The van der Waals surface area contributed by atoms with E-state index in [4.69, 9.17) is 5.26 Å². The van der Waals surface area contributed by atoms with Crippen LogP contribution in [-0.2, 0) is 4.74 Å². The Kier molecular flexibility index (Phi) is 4.78. The molecule has 0 aliphatic carbocycles. The predicted octanol–water partition coefficient (Wildman–Crippen LogP) is 1.39. The van der Waals surface area contributed by atoms with Crippen LogP contribution in [0.3, 0.4) is 0 Å². The number of aryl methyl sites for hydroxylation is 1. The van der Waals surface area contributed by atoms with Crippen molar-refractivity contribution in [1.29, 1.82) is 5.26 Å². The molecule has 1 rings (SSSR count). The first-order chi connectivity index (χ1) is 8.90. The highest BCUT2D eigenvalue weighted by molar-refractivity contribution is 7.15. The molecular weight excluding hydrogens is 266 g/mol. The van der Waals surface area contributed by atoms with Crippen LogP contribution in [0, 0.1) is 18.3 Å². The smallest absolute Gasteiger partial charge is 0.367 e. The highest BCUT2D eigenvalue weighted by Crippen LogP contribution is 2.22. The Bertz CT molecular complexity index is 582. The van der Waals surface area contributed by atoms with Crippen molar-refractivity contribution < 1.29 is 14.3 Å². The number of Topliss-reactive ketones (excluding diaryl/α,β-unsaturated/α-hetero) is 1. The van der Waals surface area contributed by atoms with Crippen molar-refractivity contribution in [3.8, 4) is 6.07 Å². The molecule has 0 spiro atoms. The summed E-state index contributed by atoms with van der Waals surface area (Å²) in [4.78, 5) is 29.4. The molecule has 0 fully saturated rings. The van der Waals surface area contributed by atoms with Crippen LogP contribution in [0.15, 0.2) is 11.8 Å². The zero-order valence-electron chi connectivity index (χ0n) is 11.1. The lowest BCUT2D eigenvalue weighted by atomic mass is 10.1. The lowest BCUT2D eigenvalue weighted by Gasteiger charge is -2.05. The molecule has 1 heterocycles. The minimum absolute atomic E-state index is 0.00633. The second-order valence-corrected chi connectivity index (χ2v) is 4.87. The fourth-order valence-electron chi connectivity index (χ4n) is 1.30. The van der Waals surface area contributed by atoms with E-state index in [1.807, 2.05) is 6.07 Å². The number of hydrogen-bond donors (Lipinski definition) is 0. The van der Waals surface area contributed by atoms with Gasteiger partial charge in [-0.05, 0) is 6.92 Å². The number of nitrogens with zero attached hydrogens (tertiary/aromatic N) is 3. The molecule has 1 aromatic heterocycles. The minimum Gasteiger partial charge on any atom is -0.464 e. The summed E-state index contributed by atoms with van der Waals surface area (Å²) >= 11 is 0.925. The summed E-state index contributed by atoms with van der Waals surface area (Å²) < 4.78 is 4.55. The number of esters is 1. The van der Waals surface area contributed by atoms with Crippen LogP contribution >= 0.6 is 11.3 Å². The normalized spacial score (nSPS) is 10.8. The molecule has 19 heavy (non-hydrogen) atoms. The number of nitriles is 1. The fourth-order valence-corrected chi connectivity index (χ4v) is 2.24. The Morgan fingerprint density at radius 2 is 2.11 bits per heavy atom. The van der Waals surface area contributed by atoms with Crippen LogP contribution in [0.4, 0.5) is 0 Å². The fraction of sp³-hybridized carbons (Fsp3) is 0.333. The van der Waals surface area contributed by atoms with Gasteiger partial charge in [-0.3, -0.25) is 4.79 Å². The molecule has 0 aliphatic rings. The SMILES string of the molecule is COC(=O)c1nc(C)c(C(=O)/C(C#N)=C/N(C)C)s1. The maximum Gasteiger partial charge on any atom is 0.367 e. The van der Waals surface area contributed by atoms with Crippen molar-refractivity contribution in [3.05, 3.63) is 27.4 Å². The monoisotopic (exact) mass is 279 g/mol. The van der Waals surface area contributed by atoms with Crippen molar-refractivity contribution in [2.75, 3.05) is 21.2 Å². The maximum absolute atomic E-state index is 12.2. The first kappa shape index (κ1) is 14.9. The van der Waals surface area contributed by atoms with Gasteiger partial charge < -0.3 is 9.64 Å². The van der Waals surface area contributed by atoms with Gasteiger partial charge in [-0.1, -0.05) is 0 Å². The van der Waals surface area contributed by atoms with E-state index in [1.165, 1.54) is 13.3 Å². The number of hydrogen-bond acceptors (Lipinski definition) is 7. The number of rotatable bonds is 4. The molecule has 0 radical (unpaired) electrons. The van der Waals surface area contributed by atoms with Crippen LogP contribution < -0.4 is 0 Å². The van der Waals surface area contributed by atoms with Gasteiger partial charge in [0.25, 0.3) is 0 Å². The number of thiazole rings is 1. The van der Waals surface area contributed by atoms with Gasteiger partial charge in [-0.15, -0.1) is 11.3 Å². The Labute approximate surface area is 114 Å². The van der Waals surface area contributed by atoms with Crippen molar-refractivity contribution in [1.82, 2.24) is 9.88 Å². The van der Waals surface area contributed by atoms with E-state index in [-0.39, 0.29) is 15.5 Å². The first-order valence-corrected chi connectivity index (χ1v) is 6.11. The van der Waals surface area contributed by atoms with Gasteiger partial charge in [-0.25, -0.2) is 9.78 Å². The largest absolute Gasteiger partial charge is 0.464 e. The van der Waals surface area contributed by atoms with Crippen molar-refractivity contribution in [2.24, 2.45) is 0 Å². The summed E-state index contributed by atoms with van der Waals surface area (Å²) in [6, 6.07) is 1.84. The maximum atomic E-state index is 12.2. The summed E-state index contributed by atoms with van der Waals surface area (Å²) in [6.45, 7) is 1.61. The lowest BCUT2D eigenvalue weighted by molar-refractivity contribution is 0.0600. The van der Waals surface area contributed by atoms with Crippen molar-refractivity contribution >= 4 is 23.1 Å². The molecule has 0 aliphatic heterocycles. The number of aromatic nitrogens is 1. The van der Waals surface area contributed by atoms with Gasteiger partial charge in [0.15, 0.2) is 0 Å². The van der Waals surface area contributed by atoms with Gasteiger partial charge in [0, 0.05) is 20.3 Å². The standard InChI is InChI=1S/C12H13N3O3S/c1-7-10(19-11(14-7)12(17)18-4)9(16)8(5-13)6-15(2)3/h6H,1-4H3/b8-6+. The molecule has 0 N–H and O–H groups in total. The van der Waals surface area contributed by atoms with Crippen LogP contribution in [0.25, 0.3) is 0 Å². The molecular formula is C12H13N3O3S. The summed E-state index contributed by atoms with van der Waals surface area (Å²) in [6.07, 6.45) is 1.43. The van der Waals surface area contributed by atoms with E-state index >= 15 is 0 Å². The zero-order valence-corrected chi connectivity index (χ0v) is 11.9. The number of ketones is 1. The number of carbonyl (C=O) groups is 2. The third-order valence-electron chi connectivity index (χ3n) is 2.12. The molecule has 0 bridgehead atoms. The van der Waals surface area contributed by atoms with Gasteiger partial charge in [0.05, 0.1) is 17.7 Å². The summed E-state index contributed by atoms with van der Waals surface area (Å²) in [5.74, 6) is -1.04. The van der Waals surface area contributed by atoms with Gasteiger partial charge in [-0.2, -0.15) is 5.26 Å². The van der Waals surface area contributed by atoms with Crippen LogP contribution in [-0.4, -0.2) is 42.8 Å². The molecule has 0 atom stereocenters. The van der Waals surface area contributed by atoms with E-state index < -0.39 is 11.8 Å². The summed E-state index contributed by atoms with van der Waals surface area (Å²) in [5, 5.41) is 9.09. The van der Waals surface area contributed by atoms with Gasteiger partial charge in [0.2, 0.25) is 10.8 Å². The minimum atomic E-state index is -0.595. The van der Waals surface area contributed by atoms with Crippen LogP contribution in [0.2, 0.25) is 0 Å². The van der Waals surface area contributed by atoms with E-state index in [0.717, 1.165) is 11.3 Å². The molecule has 100 valence electrons. The van der Waals surface area contributed by atoms with Gasteiger partial charge in [0.1, 0.15) is 11.6 Å². The number of ether oxygens (including phenoxy) is 1. The average molecular weight is 279 g/mol. The highest BCUT2D eigenvalue weighted by Gasteiger charge is 2.22. The molecule has 0 saturated carbocycles. The number of carbonyl (C=O) groups excluding carboxylic acids is 2. The predicted molar refractivity (Wildman–Crippen MR) is 69.9 cm³/mol. The molecule has 0 unspecified atom stereocenters. The molecule has 7 heteroatoms. The lowest BCUT2D eigenvalue weighted by Crippen LogP contribution is -2.08. The summed E-state index contributed by atoms with van der Waals surface area (Å²) in [7, 11) is 4.67. The highest BCUT2D eigenvalue weighted by atomic mass is 32.1. The van der Waals surface area contributed by atoms with E-state index in [0.29, 0.717) is 5.69 Å². The summed E-state index contributed by atoms with van der Waals surface area (Å²) in [5.41, 5.74) is 0.406. The third-order valence-corrected chi connectivity index (χ3v) is 3.25. The second-order valence-electron chi connectivity index (χ2n) is 3.87. The first-order valence-electron chi connectivity index (χ1n) is 5.29. The van der Waals surface area contributed by atoms with E-state index in [1.54, 1.807) is 25.9 Å². The Morgan fingerprint density at radius 3 is 2.58 bits per heavy atom. The topological polar surface area (TPSA) is 83.3 Å². The molecule has 1 aromatic rings. The molecule has 0 saturated heterocycles. The molecule has 0 amide bonds. The number of allylic oxidation sites excluding steroid dienone is 1. The second kappa shape index (κ2) is 6.11.